The van der Waals surface area contributed by atoms with Crippen LogP contribution in [-0.2, 0) is 0 Å². The summed E-state index contributed by atoms with van der Waals surface area (Å²) in [6.07, 6.45) is 4.00. The van der Waals surface area contributed by atoms with Gasteiger partial charge in [-0.1, -0.05) is 66.7 Å². The smallest absolute Gasteiger partial charge is 0.0650 e. The van der Waals surface area contributed by atoms with Crippen LogP contribution >= 0.6 is 0 Å². The average molecular weight is 238 g/mol. The zero-order valence-corrected chi connectivity index (χ0v) is 10.3. The Morgan fingerprint density at radius 1 is 0.722 bits per heavy atom. The molecule has 1 aliphatic heterocycles. The molecule has 0 amide bonds. The van der Waals surface area contributed by atoms with Gasteiger partial charge in [0.15, 0.2) is 0 Å². The standard InChI is InChI=1S/C12H10.C4H8N2/c1-3-7-11(8-4-1)12-9-5-2-6-10-12;1-2-5-4-6-3-1/h1-10H;1-2,5-6H,3-4H2. The predicted molar refractivity (Wildman–Crippen MR) is 77.0 cm³/mol. The van der Waals surface area contributed by atoms with Gasteiger partial charge in [0.05, 0.1) is 6.67 Å². The Morgan fingerprint density at radius 2 is 1.28 bits per heavy atom. The second-order valence-electron chi connectivity index (χ2n) is 3.97. The molecule has 0 bridgehead atoms. The molecule has 0 radical (unpaired) electrons. The quantitative estimate of drug-likeness (QED) is 0.798. The molecule has 2 heteroatoms. The first-order valence-corrected chi connectivity index (χ1v) is 6.16. The van der Waals surface area contributed by atoms with E-state index in [9.17, 15) is 0 Å². The van der Waals surface area contributed by atoms with Crippen molar-refractivity contribution in [2.45, 2.75) is 0 Å². The maximum atomic E-state index is 3.09. The summed E-state index contributed by atoms with van der Waals surface area (Å²) in [6, 6.07) is 20.8. The maximum absolute atomic E-state index is 3.09. The third kappa shape index (κ3) is 4.07. The molecule has 2 aromatic rings. The maximum Gasteiger partial charge on any atom is 0.0650 e. The molecule has 0 saturated heterocycles. The van der Waals surface area contributed by atoms with Gasteiger partial charge in [-0.3, -0.25) is 5.32 Å². The van der Waals surface area contributed by atoms with Crippen molar-refractivity contribution in [1.82, 2.24) is 10.6 Å². The fourth-order valence-corrected chi connectivity index (χ4v) is 1.69. The van der Waals surface area contributed by atoms with Crippen molar-refractivity contribution in [2.75, 3.05) is 13.2 Å². The van der Waals surface area contributed by atoms with E-state index in [0.717, 1.165) is 13.2 Å². The van der Waals surface area contributed by atoms with E-state index in [4.69, 9.17) is 0 Å². The van der Waals surface area contributed by atoms with Crippen molar-refractivity contribution in [3.63, 3.8) is 0 Å². The molecule has 1 aliphatic rings. The van der Waals surface area contributed by atoms with E-state index in [1.165, 1.54) is 11.1 Å². The first-order chi connectivity index (χ1) is 8.97. The van der Waals surface area contributed by atoms with Crippen molar-refractivity contribution in [1.29, 1.82) is 0 Å². The van der Waals surface area contributed by atoms with Crippen LogP contribution < -0.4 is 10.6 Å². The molecular formula is C16H18N2. The Balaban J connectivity index is 0.000000169. The molecule has 0 unspecified atom stereocenters. The molecule has 18 heavy (non-hydrogen) atoms. The van der Waals surface area contributed by atoms with Crippen LogP contribution in [0.3, 0.4) is 0 Å². The molecule has 0 atom stereocenters. The first kappa shape index (κ1) is 12.4. The van der Waals surface area contributed by atoms with E-state index in [1.54, 1.807) is 0 Å². The first-order valence-electron chi connectivity index (χ1n) is 6.16. The molecule has 0 aromatic heterocycles. The Hall–Kier alpha value is -2.06. The Kier molecular flexibility index (Phi) is 5.03. The minimum Gasteiger partial charge on any atom is -0.379 e. The molecule has 2 N–H and O–H groups in total. The van der Waals surface area contributed by atoms with E-state index in [-0.39, 0.29) is 0 Å². The van der Waals surface area contributed by atoms with Crippen molar-refractivity contribution >= 4 is 0 Å². The van der Waals surface area contributed by atoms with Crippen molar-refractivity contribution in [3.05, 3.63) is 72.9 Å². The highest BCUT2D eigenvalue weighted by Gasteiger charge is 1.91. The minimum absolute atomic E-state index is 0.913. The number of hydrogen-bond donors (Lipinski definition) is 2. The van der Waals surface area contributed by atoms with Crippen molar-refractivity contribution in [3.8, 4) is 11.1 Å². The Bertz CT molecular complexity index is 417. The van der Waals surface area contributed by atoms with Gasteiger partial charge in [-0.15, -0.1) is 0 Å². The third-order valence-corrected chi connectivity index (χ3v) is 2.61. The topological polar surface area (TPSA) is 24.1 Å². The van der Waals surface area contributed by atoms with Crippen LogP contribution in [0.1, 0.15) is 0 Å². The molecule has 2 nitrogen and oxygen atoms in total. The molecule has 92 valence electrons. The molecule has 0 fully saturated rings. The normalized spacial score (nSPS) is 13.1. The van der Waals surface area contributed by atoms with E-state index < -0.39 is 0 Å². The van der Waals surface area contributed by atoms with Gasteiger partial charge in [-0.05, 0) is 17.3 Å². The van der Waals surface area contributed by atoms with Crippen LogP contribution in [0.5, 0.6) is 0 Å². The molecule has 0 saturated carbocycles. The van der Waals surface area contributed by atoms with Crippen LogP contribution in [0, 0.1) is 0 Å². The van der Waals surface area contributed by atoms with Gasteiger partial charge < -0.3 is 5.32 Å². The number of rotatable bonds is 1. The highest BCUT2D eigenvalue weighted by Crippen LogP contribution is 2.17. The van der Waals surface area contributed by atoms with E-state index in [0.29, 0.717) is 0 Å². The summed E-state index contributed by atoms with van der Waals surface area (Å²) in [5, 5.41) is 6.08. The van der Waals surface area contributed by atoms with Crippen molar-refractivity contribution < 1.29 is 0 Å². The summed E-state index contributed by atoms with van der Waals surface area (Å²) in [5.41, 5.74) is 2.55. The summed E-state index contributed by atoms with van der Waals surface area (Å²) >= 11 is 0. The fraction of sp³-hybridized carbons (Fsp3) is 0.125. The molecule has 0 aliphatic carbocycles. The highest BCUT2D eigenvalue weighted by atomic mass is 15.1. The van der Waals surface area contributed by atoms with Gasteiger partial charge in [0.2, 0.25) is 0 Å². The highest BCUT2D eigenvalue weighted by molar-refractivity contribution is 5.62. The zero-order valence-electron chi connectivity index (χ0n) is 10.3. The number of benzene rings is 2. The molecular weight excluding hydrogens is 220 g/mol. The van der Waals surface area contributed by atoms with Gasteiger partial charge in [0.25, 0.3) is 0 Å². The second kappa shape index (κ2) is 7.30. The van der Waals surface area contributed by atoms with Gasteiger partial charge in [-0.2, -0.15) is 0 Å². The summed E-state index contributed by atoms with van der Waals surface area (Å²) in [5.74, 6) is 0. The molecule has 0 spiro atoms. The molecule has 3 rings (SSSR count). The monoisotopic (exact) mass is 238 g/mol. The third-order valence-electron chi connectivity index (χ3n) is 2.61. The average Bonchev–Trinajstić information content (AvgIpc) is 2.51. The van der Waals surface area contributed by atoms with E-state index in [1.807, 2.05) is 24.4 Å². The van der Waals surface area contributed by atoms with E-state index in [2.05, 4.69) is 59.2 Å². The summed E-state index contributed by atoms with van der Waals surface area (Å²) in [7, 11) is 0. The summed E-state index contributed by atoms with van der Waals surface area (Å²) in [4.78, 5) is 0. The lowest BCUT2D eigenvalue weighted by atomic mass is 10.1. The van der Waals surface area contributed by atoms with Gasteiger partial charge in [0, 0.05) is 6.54 Å². The fourth-order valence-electron chi connectivity index (χ4n) is 1.69. The molecule has 2 aromatic carbocycles. The zero-order chi connectivity index (χ0) is 12.5. The summed E-state index contributed by atoms with van der Waals surface area (Å²) < 4.78 is 0. The molecule has 1 heterocycles. The SMILES string of the molecule is C1=CNCNC1.c1ccc(-c2ccccc2)cc1. The minimum atomic E-state index is 0.913. The van der Waals surface area contributed by atoms with Crippen molar-refractivity contribution in [2.24, 2.45) is 0 Å². The number of hydrogen-bond acceptors (Lipinski definition) is 2. The lowest BCUT2D eigenvalue weighted by Crippen LogP contribution is -2.29. The second-order valence-corrected chi connectivity index (χ2v) is 3.97. The lowest BCUT2D eigenvalue weighted by Gasteiger charge is -2.05. The summed E-state index contributed by atoms with van der Waals surface area (Å²) in [6.45, 7) is 1.92. The lowest BCUT2D eigenvalue weighted by molar-refractivity contribution is 0.669. The predicted octanol–water partition coefficient (Wildman–Crippen LogP) is 3.00. The van der Waals surface area contributed by atoms with Crippen LogP contribution in [0.25, 0.3) is 11.1 Å². The van der Waals surface area contributed by atoms with Crippen LogP contribution in [0.15, 0.2) is 72.9 Å². The van der Waals surface area contributed by atoms with Gasteiger partial charge in [-0.25, -0.2) is 0 Å². The number of nitrogens with one attached hydrogen (secondary N) is 2. The Labute approximate surface area is 108 Å². The van der Waals surface area contributed by atoms with Gasteiger partial charge in [0.1, 0.15) is 0 Å². The van der Waals surface area contributed by atoms with Crippen LogP contribution in [0.2, 0.25) is 0 Å². The van der Waals surface area contributed by atoms with Crippen LogP contribution in [-0.4, -0.2) is 13.2 Å². The van der Waals surface area contributed by atoms with Gasteiger partial charge >= 0.3 is 0 Å². The largest absolute Gasteiger partial charge is 0.379 e. The van der Waals surface area contributed by atoms with Crippen LogP contribution in [0.4, 0.5) is 0 Å². The Morgan fingerprint density at radius 3 is 1.56 bits per heavy atom. The van der Waals surface area contributed by atoms with E-state index >= 15 is 0 Å².